The number of aliphatic carboxylic acids is 1. The van der Waals surface area contributed by atoms with Crippen molar-refractivity contribution in [1.29, 1.82) is 5.41 Å². The van der Waals surface area contributed by atoms with Crippen molar-refractivity contribution in [2.45, 2.75) is 18.9 Å². The molecule has 0 aliphatic carbocycles. The fraction of sp³-hybridized carbons (Fsp3) is 0.192. The lowest BCUT2D eigenvalue weighted by molar-refractivity contribution is -0.142. The van der Waals surface area contributed by atoms with E-state index in [2.05, 4.69) is 5.32 Å². The largest absolute Gasteiger partial charge is 0.480 e. The number of hydrogen-bond acceptors (Lipinski definition) is 5. The van der Waals surface area contributed by atoms with E-state index < -0.39 is 31.6 Å². The fourth-order valence-corrected chi connectivity index (χ4v) is 5.33. The molecule has 0 aliphatic rings. The van der Waals surface area contributed by atoms with Gasteiger partial charge in [-0.2, -0.15) is 0 Å². The molecule has 0 bridgehead atoms. The third kappa shape index (κ3) is 7.06. The van der Waals surface area contributed by atoms with Crippen LogP contribution in [0, 0.1) is 11.3 Å². The average Bonchev–Trinajstić information content (AvgIpc) is 2.84. The Hall–Kier alpha value is -3.38. The zero-order valence-corrected chi connectivity index (χ0v) is 19.4. The van der Waals surface area contributed by atoms with Crippen molar-refractivity contribution in [3.05, 3.63) is 108 Å². The minimum absolute atomic E-state index is 0.0956. The molecule has 8 heteroatoms. The van der Waals surface area contributed by atoms with Gasteiger partial charge in [0, 0.05) is 12.0 Å². The van der Waals surface area contributed by atoms with E-state index in [1.807, 2.05) is 36.4 Å². The molecule has 0 heterocycles. The molecule has 3 rings (SSSR count). The number of amides is 1. The molecular formula is C26H28N2O5P+. The summed E-state index contributed by atoms with van der Waals surface area (Å²) in [5, 5.41) is 20.6. The molecular weight excluding hydrogens is 451 g/mol. The first-order valence-corrected chi connectivity index (χ1v) is 12.7. The van der Waals surface area contributed by atoms with Crippen molar-refractivity contribution in [2.24, 2.45) is 5.92 Å². The van der Waals surface area contributed by atoms with E-state index >= 15 is 0 Å². The molecule has 2 atom stereocenters. The Kier molecular flexibility index (Phi) is 8.66. The van der Waals surface area contributed by atoms with Gasteiger partial charge in [0.1, 0.15) is 12.2 Å². The molecule has 0 fully saturated rings. The lowest BCUT2D eigenvalue weighted by Crippen LogP contribution is -2.46. The summed E-state index contributed by atoms with van der Waals surface area (Å²) in [4.78, 5) is 46.8. The second-order valence-corrected chi connectivity index (χ2v) is 10.4. The lowest BCUT2D eigenvalue weighted by atomic mass is 9.99. The Morgan fingerprint density at radius 1 is 0.794 bits per heavy atom. The van der Waals surface area contributed by atoms with Gasteiger partial charge in [0.05, 0.1) is 5.92 Å². The minimum atomic E-state index is -3.96. The highest BCUT2D eigenvalue weighted by Crippen LogP contribution is 2.54. The molecule has 176 valence electrons. The summed E-state index contributed by atoms with van der Waals surface area (Å²) in [6, 6.07) is 25.2. The highest BCUT2D eigenvalue weighted by atomic mass is 31.2. The van der Waals surface area contributed by atoms with Gasteiger partial charge in [0.15, 0.2) is 0 Å². The molecule has 3 aromatic carbocycles. The van der Waals surface area contributed by atoms with Crippen LogP contribution in [0.4, 0.5) is 0 Å². The van der Waals surface area contributed by atoms with Crippen LogP contribution in [-0.4, -0.2) is 44.4 Å². The minimum Gasteiger partial charge on any atom is -0.480 e. The number of nitrogens with one attached hydrogen (secondary N) is 2. The molecule has 0 aliphatic heterocycles. The van der Waals surface area contributed by atoms with Crippen molar-refractivity contribution in [3.8, 4) is 0 Å². The van der Waals surface area contributed by atoms with Crippen LogP contribution in [-0.2, 0) is 22.4 Å². The number of carbonyl (C=O) groups excluding carboxylic acids is 1. The van der Waals surface area contributed by atoms with Crippen LogP contribution in [0.2, 0.25) is 0 Å². The molecule has 0 radical (unpaired) electrons. The third-order valence-electron chi connectivity index (χ3n) is 5.47. The second-order valence-electron chi connectivity index (χ2n) is 8.10. The second kappa shape index (κ2) is 11.7. The molecule has 1 unspecified atom stereocenters. The maximum atomic E-state index is 13.2. The summed E-state index contributed by atoms with van der Waals surface area (Å²) in [5.74, 6) is -2.71. The van der Waals surface area contributed by atoms with E-state index in [-0.39, 0.29) is 24.5 Å². The number of benzene rings is 3. The number of carboxylic acid groups (broad SMARTS) is 1. The van der Waals surface area contributed by atoms with Gasteiger partial charge in [-0.1, -0.05) is 78.9 Å². The Labute approximate surface area is 199 Å². The van der Waals surface area contributed by atoms with E-state index in [4.69, 9.17) is 5.41 Å². The molecule has 5 N–H and O–H groups in total. The molecule has 0 aromatic heterocycles. The number of carbonyl (C=O) groups is 2. The van der Waals surface area contributed by atoms with Gasteiger partial charge in [-0.05, 0) is 29.7 Å². The van der Waals surface area contributed by atoms with Gasteiger partial charge < -0.3 is 10.4 Å². The van der Waals surface area contributed by atoms with Gasteiger partial charge >= 0.3 is 13.7 Å². The van der Waals surface area contributed by atoms with Gasteiger partial charge in [-0.15, -0.1) is 0 Å². The zero-order valence-electron chi connectivity index (χ0n) is 18.5. The van der Waals surface area contributed by atoms with Crippen LogP contribution in [0.1, 0.15) is 16.7 Å². The zero-order chi connectivity index (χ0) is 24.6. The van der Waals surface area contributed by atoms with Crippen LogP contribution >= 0.6 is 7.72 Å². The Bertz CT molecular complexity index is 1110. The predicted octanol–water partition coefficient (Wildman–Crippen LogP) is 3.52. The Morgan fingerprint density at radius 3 is 1.76 bits per heavy atom. The monoisotopic (exact) mass is 479 g/mol. The molecule has 0 saturated carbocycles. The van der Waals surface area contributed by atoms with Crippen LogP contribution < -0.4 is 5.32 Å². The normalized spacial score (nSPS) is 13.0. The first kappa shape index (κ1) is 25.2. The highest BCUT2D eigenvalue weighted by Gasteiger charge is 2.45. The van der Waals surface area contributed by atoms with Crippen molar-refractivity contribution in [3.63, 3.8) is 0 Å². The Morgan fingerprint density at radius 2 is 1.26 bits per heavy atom. The van der Waals surface area contributed by atoms with Crippen molar-refractivity contribution < 1.29 is 24.5 Å². The predicted molar refractivity (Wildman–Crippen MR) is 133 cm³/mol. The Balaban J connectivity index is 1.81. The van der Waals surface area contributed by atoms with E-state index in [0.717, 1.165) is 11.1 Å². The standard InChI is InChI=1S/C26H27N2O5P/c27-24(21-14-8-3-9-15-21)34(32,33)18-22(16-19-10-4-1-5-11-19)25(29)28-23(26(30)31)17-20-12-6-2-7-13-20/h1-15,22-23,27,32-33H,16-18H2,(H-,28,29,30,31)/p+1/t22?,23-/m0/s1. The summed E-state index contributed by atoms with van der Waals surface area (Å²) in [6.07, 6.45) is -0.0905. The van der Waals surface area contributed by atoms with E-state index in [1.54, 1.807) is 54.6 Å². The maximum absolute atomic E-state index is 13.2. The van der Waals surface area contributed by atoms with Gasteiger partial charge in [-0.3, -0.25) is 10.2 Å². The smallest absolute Gasteiger partial charge is 0.326 e. The summed E-state index contributed by atoms with van der Waals surface area (Å²) in [5.41, 5.74) is 1.60. The molecule has 0 spiro atoms. The molecule has 3 aromatic rings. The van der Waals surface area contributed by atoms with Crippen LogP contribution in [0.25, 0.3) is 0 Å². The van der Waals surface area contributed by atoms with Crippen molar-refractivity contribution in [1.82, 2.24) is 5.32 Å². The molecule has 34 heavy (non-hydrogen) atoms. The SMILES string of the molecule is N=C(c1ccccc1)[P+](O)(O)CC(Cc1ccccc1)C(=O)N[C@@H](Cc1ccccc1)C(=O)O. The topological polar surface area (TPSA) is 131 Å². The number of rotatable bonds is 11. The fourth-order valence-electron chi connectivity index (χ4n) is 3.68. The third-order valence-corrected chi connectivity index (χ3v) is 7.40. The average molecular weight is 479 g/mol. The summed E-state index contributed by atoms with van der Waals surface area (Å²) < 4.78 is 0. The highest BCUT2D eigenvalue weighted by molar-refractivity contribution is 7.82. The van der Waals surface area contributed by atoms with E-state index in [9.17, 15) is 24.5 Å². The van der Waals surface area contributed by atoms with Crippen LogP contribution in [0.15, 0.2) is 91.0 Å². The van der Waals surface area contributed by atoms with Crippen molar-refractivity contribution in [2.75, 3.05) is 6.16 Å². The quantitative estimate of drug-likeness (QED) is 0.212. The molecule has 7 nitrogen and oxygen atoms in total. The summed E-state index contributed by atoms with van der Waals surface area (Å²) in [6.45, 7) is 0. The first-order valence-electron chi connectivity index (χ1n) is 10.9. The van der Waals surface area contributed by atoms with Gasteiger partial charge in [0.2, 0.25) is 11.4 Å². The van der Waals surface area contributed by atoms with Crippen LogP contribution in [0.5, 0.6) is 0 Å². The van der Waals surface area contributed by atoms with Crippen molar-refractivity contribution >= 4 is 25.0 Å². The first-order chi connectivity index (χ1) is 16.3. The van der Waals surface area contributed by atoms with E-state index in [1.165, 1.54) is 0 Å². The molecule has 1 amide bonds. The lowest BCUT2D eigenvalue weighted by Gasteiger charge is -2.22. The maximum Gasteiger partial charge on any atom is 0.326 e. The van der Waals surface area contributed by atoms with Gasteiger partial charge in [0.25, 0.3) is 0 Å². The van der Waals surface area contributed by atoms with E-state index in [0.29, 0.717) is 5.56 Å². The number of carboxylic acids is 1. The van der Waals surface area contributed by atoms with Crippen LogP contribution in [0.3, 0.4) is 0 Å². The summed E-state index contributed by atoms with van der Waals surface area (Å²) in [7, 11) is -3.96. The molecule has 0 saturated heterocycles. The number of hydrogen-bond donors (Lipinski definition) is 5. The summed E-state index contributed by atoms with van der Waals surface area (Å²) >= 11 is 0. The van der Waals surface area contributed by atoms with Gasteiger partial charge in [-0.25, -0.2) is 14.6 Å².